The number of benzene rings is 2. The molecule has 0 saturated heterocycles. The van der Waals surface area contributed by atoms with Gasteiger partial charge in [-0.25, -0.2) is 4.98 Å². The zero-order valence-electron chi connectivity index (χ0n) is 11.7. The molecule has 0 aliphatic rings. The fraction of sp³-hybridized carbons (Fsp3) is 0.167. The quantitative estimate of drug-likeness (QED) is 0.703. The van der Waals surface area contributed by atoms with Gasteiger partial charge in [0.2, 0.25) is 0 Å². The molecule has 0 aliphatic heterocycles. The number of hydrogen-bond donors (Lipinski definition) is 1. The van der Waals surface area contributed by atoms with Crippen molar-refractivity contribution in [3.05, 3.63) is 77.8 Å². The first-order valence-corrected chi connectivity index (χ1v) is 7.80. The monoisotopic (exact) mass is 295 g/mol. The molecule has 0 fully saturated rings. The molecule has 1 unspecified atom stereocenters. The summed E-state index contributed by atoms with van der Waals surface area (Å²) in [4.78, 5) is 4.65. The second kappa shape index (κ2) is 5.80. The molecule has 0 bridgehead atoms. The van der Waals surface area contributed by atoms with Gasteiger partial charge < -0.3 is 5.11 Å². The third kappa shape index (κ3) is 2.62. The van der Waals surface area contributed by atoms with Crippen molar-refractivity contribution in [1.29, 1.82) is 0 Å². The zero-order chi connectivity index (χ0) is 14.7. The number of aromatic nitrogens is 1. The maximum Gasteiger partial charge on any atom is 0.141 e. The summed E-state index contributed by atoms with van der Waals surface area (Å²) in [6.45, 7) is 3.77. The summed E-state index contributed by atoms with van der Waals surface area (Å²) in [7, 11) is 0. The first-order valence-electron chi connectivity index (χ1n) is 6.99. The molecule has 106 valence electrons. The van der Waals surface area contributed by atoms with Crippen molar-refractivity contribution >= 4 is 21.6 Å². The molecule has 0 saturated carbocycles. The molecule has 21 heavy (non-hydrogen) atoms. The summed E-state index contributed by atoms with van der Waals surface area (Å²) in [5.74, 6) is 0. The van der Waals surface area contributed by atoms with Gasteiger partial charge in [0.25, 0.3) is 0 Å². The van der Waals surface area contributed by atoms with Crippen LogP contribution in [-0.2, 0) is 5.60 Å². The van der Waals surface area contributed by atoms with Crippen LogP contribution < -0.4 is 0 Å². The van der Waals surface area contributed by atoms with Gasteiger partial charge in [0.15, 0.2) is 0 Å². The highest BCUT2D eigenvalue weighted by atomic mass is 32.1. The topological polar surface area (TPSA) is 33.1 Å². The van der Waals surface area contributed by atoms with E-state index in [1.807, 2.05) is 60.7 Å². The third-order valence-corrected chi connectivity index (χ3v) is 4.80. The smallest absolute Gasteiger partial charge is 0.141 e. The number of fused-ring (bicyclic) bond motifs is 1. The Hall–Kier alpha value is -1.97. The number of hydrogen-bond acceptors (Lipinski definition) is 3. The van der Waals surface area contributed by atoms with Crippen molar-refractivity contribution in [2.75, 3.05) is 0 Å². The summed E-state index contributed by atoms with van der Waals surface area (Å²) in [6, 6.07) is 17.7. The molecule has 0 spiro atoms. The van der Waals surface area contributed by atoms with Crippen LogP contribution in [0, 0.1) is 0 Å². The van der Waals surface area contributed by atoms with E-state index in [1.165, 1.54) is 0 Å². The second-order valence-electron chi connectivity index (χ2n) is 5.04. The molecular formula is C18H17NOS. The molecule has 0 amide bonds. The van der Waals surface area contributed by atoms with Crippen molar-refractivity contribution in [2.24, 2.45) is 0 Å². The Bertz CT molecular complexity index is 717. The van der Waals surface area contributed by atoms with Crippen LogP contribution in [0.3, 0.4) is 0 Å². The van der Waals surface area contributed by atoms with E-state index in [-0.39, 0.29) is 0 Å². The number of allylic oxidation sites excluding steroid dienone is 1. The van der Waals surface area contributed by atoms with Gasteiger partial charge in [-0.3, -0.25) is 0 Å². The van der Waals surface area contributed by atoms with Crippen molar-refractivity contribution < 1.29 is 5.11 Å². The number of para-hydroxylation sites is 1. The fourth-order valence-corrected chi connectivity index (χ4v) is 3.55. The van der Waals surface area contributed by atoms with Gasteiger partial charge in [0, 0.05) is 0 Å². The minimum Gasteiger partial charge on any atom is -0.378 e. The molecule has 1 N–H and O–H groups in total. The van der Waals surface area contributed by atoms with E-state index in [1.54, 1.807) is 11.3 Å². The number of thiazole rings is 1. The Morgan fingerprint density at radius 3 is 2.52 bits per heavy atom. The van der Waals surface area contributed by atoms with E-state index in [4.69, 9.17) is 0 Å². The van der Waals surface area contributed by atoms with Crippen LogP contribution in [0.4, 0.5) is 0 Å². The maximum atomic E-state index is 11.3. The Balaban J connectivity index is 2.12. The largest absolute Gasteiger partial charge is 0.378 e. The molecule has 1 heterocycles. The lowest BCUT2D eigenvalue weighted by molar-refractivity contribution is 0.0720. The predicted molar refractivity (Wildman–Crippen MR) is 88.5 cm³/mol. The Morgan fingerprint density at radius 2 is 1.81 bits per heavy atom. The highest BCUT2D eigenvalue weighted by Crippen LogP contribution is 2.38. The van der Waals surface area contributed by atoms with Gasteiger partial charge in [-0.15, -0.1) is 17.9 Å². The van der Waals surface area contributed by atoms with E-state index in [0.29, 0.717) is 6.42 Å². The van der Waals surface area contributed by atoms with E-state index in [9.17, 15) is 5.11 Å². The molecule has 0 aliphatic carbocycles. The summed E-state index contributed by atoms with van der Waals surface area (Å²) in [6.07, 6.45) is 3.16. The van der Waals surface area contributed by atoms with Crippen LogP contribution in [0.5, 0.6) is 0 Å². The molecule has 2 aromatic carbocycles. The Kier molecular flexibility index (Phi) is 3.86. The molecule has 2 nitrogen and oxygen atoms in total. The van der Waals surface area contributed by atoms with E-state index in [0.717, 1.165) is 27.2 Å². The molecule has 1 atom stereocenters. The minimum atomic E-state index is -1.06. The molecule has 3 aromatic rings. The van der Waals surface area contributed by atoms with Gasteiger partial charge >= 0.3 is 0 Å². The van der Waals surface area contributed by atoms with Crippen LogP contribution in [-0.4, -0.2) is 10.1 Å². The highest BCUT2D eigenvalue weighted by molar-refractivity contribution is 7.18. The molecule has 0 radical (unpaired) electrons. The van der Waals surface area contributed by atoms with Crippen molar-refractivity contribution in [1.82, 2.24) is 4.98 Å². The van der Waals surface area contributed by atoms with Gasteiger partial charge in [-0.2, -0.15) is 0 Å². The first-order chi connectivity index (χ1) is 10.2. The van der Waals surface area contributed by atoms with Gasteiger partial charge in [-0.05, 0) is 30.5 Å². The standard InChI is InChI=1S/C18H17NOS/c1-2-3-13-18(20,14-9-5-4-6-10-14)17-19-15-11-7-8-12-16(15)21-17/h2,4-12,20H,1,3,13H2. The van der Waals surface area contributed by atoms with E-state index < -0.39 is 5.60 Å². The van der Waals surface area contributed by atoms with Crippen LogP contribution in [0.15, 0.2) is 67.3 Å². The summed E-state index contributed by atoms with van der Waals surface area (Å²) < 4.78 is 1.10. The zero-order valence-corrected chi connectivity index (χ0v) is 12.5. The van der Waals surface area contributed by atoms with E-state index >= 15 is 0 Å². The van der Waals surface area contributed by atoms with Gasteiger partial charge in [-0.1, -0.05) is 48.5 Å². The molecular weight excluding hydrogens is 278 g/mol. The van der Waals surface area contributed by atoms with Crippen LogP contribution in [0.2, 0.25) is 0 Å². The summed E-state index contributed by atoms with van der Waals surface area (Å²) in [5, 5.41) is 12.0. The van der Waals surface area contributed by atoms with Crippen molar-refractivity contribution in [3.8, 4) is 0 Å². The Labute approximate surface area is 128 Å². The average Bonchev–Trinajstić information content (AvgIpc) is 2.98. The first kappa shape index (κ1) is 14.0. The molecule has 3 heteroatoms. The Morgan fingerprint density at radius 1 is 1.10 bits per heavy atom. The summed E-state index contributed by atoms with van der Waals surface area (Å²) in [5.41, 5.74) is 0.760. The third-order valence-electron chi connectivity index (χ3n) is 3.61. The normalized spacial score (nSPS) is 14.0. The minimum absolute atomic E-state index is 0.584. The number of aliphatic hydroxyl groups is 1. The molecule has 3 rings (SSSR count). The van der Waals surface area contributed by atoms with Crippen LogP contribution >= 0.6 is 11.3 Å². The maximum absolute atomic E-state index is 11.3. The lowest BCUT2D eigenvalue weighted by Crippen LogP contribution is -2.26. The number of nitrogens with zero attached hydrogens (tertiary/aromatic N) is 1. The SMILES string of the molecule is C=CCCC(O)(c1ccccc1)c1nc2ccccc2s1. The lowest BCUT2D eigenvalue weighted by atomic mass is 9.89. The fourth-order valence-electron chi connectivity index (χ4n) is 2.45. The van der Waals surface area contributed by atoms with Crippen molar-refractivity contribution in [3.63, 3.8) is 0 Å². The highest BCUT2D eigenvalue weighted by Gasteiger charge is 2.34. The lowest BCUT2D eigenvalue weighted by Gasteiger charge is -2.26. The molecule has 1 aromatic heterocycles. The predicted octanol–water partition coefficient (Wildman–Crippen LogP) is 4.50. The summed E-state index contributed by atoms with van der Waals surface area (Å²) >= 11 is 1.55. The van der Waals surface area contributed by atoms with Gasteiger partial charge in [0.05, 0.1) is 10.2 Å². The van der Waals surface area contributed by atoms with Crippen LogP contribution in [0.25, 0.3) is 10.2 Å². The van der Waals surface area contributed by atoms with E-state index in [2.05, 4.69) is 11.6 Å². The van der Waals surface area contributed by atoms with Crippen molar-refractivity contribution in [2.45, 2.75) is 18.4 Å². The van der Waals surface area contributed by atoms with Crippen LogP contribution in [0.1, 0.15) is 23.4 Å². The second-order valence-corrected chi connectivity index (χ2v) is 6.07. The number of rotatable bonds is 5. The van der Waals surface area contributed by atoms with Gasteiger partial charge in [0.1, 0.15) is 10.6 Å². The average molecular weight is 295 g/mol.